The highest BCUT2D eigenvalue weighted by Crippen LogP contribution is 2.42. The molecule has 0 spiro atoms. The number of pyridine rings is 1. The maximum absolute atomic E-state index is 13.3. The van der Waals surface area contributed by atoms with Crippen molar-refractivity contribution < 1.29 is 18.7 Å². The van der Waals surface area contributed by atoms with Crippen molar-refractivity contribution in [2.24, 2.45) is 0 Å². The van der Waals surface area contributed by atoms with Crippen LogP contribution in [0.25, 0.3) is 0 Å². The molecule has 3 rings (SSSR count). The Balaban J connectivity index is 1.72. The Kier molecular flexibility index (Phi) is 6.62. The Hall–Kier alpha value is -2.47. The van der Waals surface area contributed by atoms with Crippen LogP contribution in [0.15, 0.2) is 36.4 Å². The molecule has 0 bridgehead atoms. The Labute approximate surface area is 165 Å². The van der Waals surface area contributed by atoms with Gasteiger partial charge in [-0.15, -0.1) is 0 Å². The Morgan fingerprint density at radius 1 is 1.14 bits per heavy atom. The molecule has 0 aliphatic heterocycles. The molecule has 1 aliphatic rings. The van der Waals surface area contributed by atoms with Gasteiger partial charge in [0, 0.05) is 12.7 Å². The fourth-order valence-corrected chi connectivity index (χ4v) is 3.74. The van der Waals surface area contributed by atoms with Crippen LogP contribution in [0.5, 0.6) is 5.88 Å². The van der Waals surface area contributed by atoms with Gasteiger partial charge in [-0.05, 0) is 50.5 Å². The second-order valence-corrected chi connectivity index (χ2v) is 7.08. The third kappa shape index (κ3) is 4.50. The number of nitrogens with one attached hydrogen (secondary N) is 1. The predicted molar refractivity (Wildman–Crippen MR) is 106 cm³/mol. The van der Waals surface area contributed by atoms with E-state index in [-0.39, 0.29) is 11.7 Å². The summed E-state index contributed by atoms with van der Waals surface area (Å²) < 4.78 is 24.2. The van der Waals surface area contributed by atoms with Crippen LogP contribution in [0.2, 0.25) is 0 Å². The summed E-state index contributed by atoms with van der Waals surface area (Å²) in [7, 11) is 0. The lowest BCUT2D eigenvalue weighted by atomic mass is 9.78. The summed E-state index contributed by atoms with van der Waals surface area (Å²) in [6.45, 7) is 5.36. The molecule has 5 nitrogen and oxygen atoms in total. The average molecular weight is 386 g/mol. The number of amides is 1. The van der Waals surface area contributed by atoms with Crippen LogP contribution < -0.4 is 10.1 Å². The summed E-state index contributed by atoms with van der Waals surface area (Å²) in [6.07, 6.45) is 3.48. The number of hydrogen-bond acceptors (Lipinski definition) is 4. The minimum Gasteiger partial charge on any atom is -0.475 e. The lowest BCUT2D eigenvalue weighted by Crippen LogP contribution is -2.38. The molecule has 1 N–H and O–H groups in total. The molecule has 6 heteroatoms. The normalized spacial score (nSPS) is 15.4. The molecule has 0 unspecified atom stereocenters. The van der Waals surface area contributed by atoms with Gasteiger partial charge in [-0.3, -0.25) is 4.79 Å². The molecule has 1 amide bonds. The number of carbonyl (C=O) groups is 1. The van der Waals surface area contributed by atoms with Crippen molar-refractivity contribution in [3.8, 4) is 5.88 Å². The van der Waals surface area contributed by atoms with E-state index in [4.69, 9.17) is 9.47 Å². The minimum absolute atomic E-state index is 0.0634. The summed E-state index contributed by atoms with van der Waals surface area (Å²) in [6, 6.07) is 9.84. The highest BCUT2D eigenvalue weighted by molar-refractivity contribution is 5.99. The second-order valence-electron chi connectivity index (χ2n) is 7.08. The molecular formula is C22H27FN2O3. The lowest BCUT2D eigenvalue weighted by Gasteiger charge is -2.28. The van der Waals surface area contributed by atoms with Crippen molar-refractivity contribution in [3.05, 3.63) is 53.5 Å². The highest BCUT2D eigenvalue weighted by Gasteiger charge is 2.42. The summed E-state index contributed by atoms with van der Waals surface area (Å²) in [5, 5.41) is 3.03. The standard InChI is InChI=1S/C22H27FN2O3/c1-3-27-14-15-28-20-11-10-19(16(2)24-20)25-21(26)22(12-4-5-13-22)17-6-8-18(23)9-7-17/h6-11H,3-5,12-15H2,1-2H3,(H,25,26). The Morgan fingerprint density at radius 2 is 1.86 bits per heavy atom. The molecule has 1 saturated carbocycles. The number of aromatic nitrogens is 1. The third-order valence-electron chi connectivity index (χ3n) is 5.28. The van der Waals surface area contributed by atoms with E-state index in [1.807, 2.05) is 19.9 Å². The van der Waals surface area contributed by atoms with Gasteiger partial charge in [-0.25, -0.2) is 9.37 Å². The van der Waals surface area contributed by atoms with Crippen LogP contribution in [-0.2, 0) is 14.9 Å². The third-order valence-corrected chi connectivity index (χ3v) is 5.28. The van der Waals surface area contributed by atoms with Gasteiger partial charge >= 0.3 is 0 Å². The van der Waals surface area contributed by atoms with E-state index in [9.17, 15) is 9.18 Å². The first-order chi connectivity index (χ1) is 13.5. The van der Waals surface area contributed by atoms with Gasteiger partial charge in [0.1, 0.15) is 12.4 Å². The Morgan fingerprint density at radius 3 is 2.50 bits per heavy atom. The monoisotopic (exact) mass is 386 g/mol. The van der Waals surface area contributed by atoms with Gasteiger partial charge in [0.15, 0.2) is 0 Å². The van der Waals surface area contributed by atoms with Crippen molar-refractivity contribution in [1.82, 2.24) is 4.98 Å². The van der Waals surface area contributed by atoms with Crippen LogP contribution in [0.4, 0.5) is 10.1 Å². The van der Waals surface area contributed by atoms with Crippen LogP contribution in [0.3, 0.4) is 0 Å². The van der Waals surface area contributed by atoms with Gasteiger partial charge < -0.3 is 14.8 Å². The number of benzene rings is 1. The van der Waals surface area contributed by atoms with Gasteiger partial charge in [0.25, 0.3) is 0 Å². The van der Waals surface area contributed by atoms with E-state index < -0.39 is 5.41 Å². The Bertz CT molecular complexity index is 802. The van der Waals surface area contributed by atoms with Crippen molar-refractivity contribution >= 4 is 11.6 Å². The van der Waals surface area contributed by atoms with E-state index in [2.05, 4.69) is 10.3 Å². The zero-order valence-electron chi connectivity index (χ0n) is 16.5. The minimum atomic E-state index is -0.618. The number of ether oxygens (including phenoxy) is 2. The molecule has 28 heavy (non-hydrogen) atoms. The molecule has 0 saturated heterocycles. The number of aryl methyl sites for hydroxylation is 1. The maximum Gasteiger partial charge on any atom is 0.235 e. The van der Waals surface area contributed by atoms with Crippen molar-refractivity contribution in [1.29, 1.82) is 0 Å². The predicted octanol–water partition coefficient (Wildman–Crippen LogP) is 4.39. The van der Waals surface area contributed by atoms with Crippen LogP contribution in [0, 0.1) is 12.7 Å². The van der Waals surface area contributed by atoms with Crippen LogP contribution in [-0.4, -0.2) is 30.7 Å². The fourth-order valence-electron chi connectivity index (χ4n) is 3.74. The van der Waals surface area contributed by atoms with E-state index in [1.165, 1.54) is 12.1 Å². The molecular weight excluding hydrogens is 359 g/mol. The van der Waals surface area contributed by atoms with Gasteiger partial charge in [-0.2, -0.15) is 0 Å². The number of carbonyl (C=O) groups excluding carboxylic acids is 1. The SMILES string of the molecule is CCOCCOc1ccc(NC(=O)C2(c3ccc(F)cc3)CCCC2)c(C)n1. The largest absolute Gasteiger partial charge is 0.475 e. The smallest absolute Gasteiger partial charge is 0.235 e. The number of anilines is 1. The summed E-state index contributed by atoms with van der Waals surface area (Å²) in [4.78, 5) is 17.6. The molecule has 1 aliphatic carbocycles. The van der Waals surface area contributed by atoms with Crippen molar-refractivity contribution in [2.75, 3.05) is 25.1 Å². The van der Waals surface area contributed by atoms with Crippen molar-refractivity contribution in [3.63, 3.8) is 0 Å². The van der Waals surface area contributed by atoms with E-state index >= 15 is 0 Å². The molecule has 0 atom stereocenters. The molecule has 0 radical (unpaired) electrons. The first-order valence-electron chi connectivity index (χ1n) is 9.81. The summed E-state index contributed by atoms with van der Waals surface area (Å²) in [5.74, 6) is 0.146. The van der Waals surface area contributed by atoms with E-state index in [0.717, 1.165) is 31.2 Å². The number of halogens is 1. The van der Waals surface area contributed by atoms with Crippen LogP contribution >= 0.6 is 0 Å². The highest BCUT2D eigenvalue weighted by atomic mass is 19.1. The molecule has 1 fully saturated rings. The van der Waals surface area contributed by atoms with E-state index in [1.54, 1.807) is 18.2 Å². The zero-order valence-corrected chi connectivity index (χ0v) is 16.5. The van der Waals surface area contributed by atoms with Gasteiger partial charge in [-0.1, -0.05) is 25.0 Å². The fraction of sp³-hybridized carbons (Fsp3) is 0.455. The first-order valence-corrected chi connectivity index (χ1v) is 9.81. The number of nitrogens with zero attached hydrogens (tertiary/aromatic N) is 1. The second kappa shape index (κ2) is 9.15. The first kappa shape index (κ1) is 20.3. The molecule has 1 heterocycles. The average Bonchev–Trinajstić information content (AvgIpc) is 3.19. The number of rotatable bonds is 8. The molecule has 2 aromatic rings. The van der Waals surface area contributed by atoms with Crippen molar-refractivity contribution in [2.45, 2.75) is 44.9 Å². The maximum atomic E-state index is 13.3. The number of hydrogen-bond donors (Lipinski definition) is 1. The zero-order chi connectivity index (χ0) is 20.0. The molecule has 150 valence electrons. The molecule has 1 aromatic carbocycles. The van der Waals surface area contributed by atoms with Crippen LogP contribution in [0.1, 0.15) is 43.9 Å². The molecule has 1 aromatic heterocycles. The lowest BCUT2D eigenvalue weighted by molar-refractivity contribution is -0.121. The summed E-state index contributed by atoms with van der Waals surface area (Å²) in [5.41, 5.74) is 1.60. The van der Waals surface area contributed by atoms with E-state index in [0.29, 0.717) is 37.1 Å². The van der Waals surface area contributed by atoms with Gasteiger partial charge in [0.2, 0.25) is 11.8 Å². The van der Waals surface area contributed by atoms with Gasteiger partial charge in [0.05, 0.1) is 23.4 Å². The quantitative estimate of drug-likeness (QED) is 0.684. The summed E-state index contributed by atoms with van der Waals surface area (Å²) >= 11 is 0. The topological polar surface area (TPSA) is 60.5 Å².